The summed E-state index contributed by atoms with van der Waals surface area (Å²) >= 11 is 7.68. The van der Waals surface area contributed by atoms with Crippen LogP contribution >= 0.6 is 23.4 Å². The molecule has 1 heterocycles. The molecular formula is C20H21ClN4O2S. The van der Waals surface area contributed by atoms with Gasteiger partial charge in [-0.2, -0.15) is 0 Å². The lowest BCUT2D eigenvalue weighted by atomic mass is 10.1. The van der Waals surface area contributed by atoms with E-state index in [0.29, 0.717) is 22.2 Å². The minimum atomic E-state index is -0.00401. The molecule has 0 bridgehead atoms. The number of halogens is 1. The normalized spacial score (nSPS) is 10.7. The molecule has 146 valence electrons. The molecule has 0 unspecified atom stereocenters. The average molecular weight is 417 g/mol. The first-order chi connectivity index (χ1) is 13.5. The van der Waals surface area contributed by atoms with Crippen molar-refractivity contribution in [2.75, 3.05) is 14.1 Å². The number of aromatic nitrogens is 3. The molecule has 3 aromatic rings. The number of carbonyl (C=O) groups excluding carboxylic acids is 1. The summed E-state index contributed by atoms with van der Waals surface area (Å²) in [7, 11) is 5.40. The van der Waals surface area contributed by atoms with Gasteiger partial charge in [0.25, 0.3) is 5.91 Å². The molecule has 0 spiro atoms. The third kappa shape index (κ3) is 4.85. The van der Waals surface area contributed by atoms with E-state index in [4.69, 9.17) is 16.3 Å². The zero-order chi connectivity index (χ0) is 20.1. The summed E-state index contributed by atoms with van der Waals surface area (Å²) in [4.78, 5) is 13.5. The van der Waals surface area contributed by atoms with Gasteiger partial charge in [0.1, 0.15) is 12.4 Å². The third-order valence-electron chi connectivity index (χ3n) is 4.09. The van der Waals surface area contributed by atoms with Gasteiger partial charge < -0.3 is 14.2 Å². The quantitative estimate of drug-likeness (QED) is 0.544. The first-order valence-electron chi connectivity index (χ1n) is 8.64. The Kier molecular flexibility index (Phi) is 6.59. The summed E-state index contributed by atoms with van der Waals surface area (Å²) in [6, 6.07) is 14.9. The minimum Gasteiger partial charge on any atom is -0.484 e. The van der Waals surface area contributed by atoms with Gasteiger partial charge in [0.2, 0.25) is 0 Å². The first kappa shape index (κ1) is 20.2. The Morgan fingerprint density at radius 2 is 1.86 bits per heavy atom. The van der Waals surface area contributed by atoms with Crippen molar-refractivity contribution in [2.45, 2.75) is 17.5 Å². The molecule has 1 aromatic heterocycles. The van der Waals surface area contributed by atoms with E-state index in [1.807, 2.05) is 54.1 Å². The Balaban J connectivity index is 1.58. The summed E-state index contributed by atoms with van der Waals surface area (Å²) in [6.07, 6.45) is 0. The standard InChI is InChI=1S/C20H21ClN4O2S/c1-24(2)19(26)15-10-8-14(9-11-15)13-28-20-23-22-18(25(20)3)12-27-17-7-5-4-6-16(17)21/h4-11H,12-13H2,1-3H3. The van der Waals surface area contributed by atoms with E-state index in [9.17, 15) is 4.79 Å². The van der Waals surface area contributed by atoms with Crippen molar-refractivity contribution in [3.8, 4) is 5.75 Å². The lowest BCUT2D eigenvalue weighted by Crippen LogP contribution is -2.21. The van der Waals surface area contributed by atoms with E-state index in [2.05, 4.69) is 10.2 Å². The SMILES string of the molecule is CN(C)C(=O)c1ccc(CSc2nnc(COc3ccccc3Cl)n2C)cc1. The maximum Gasteiger partial charge on any atom is 0.253 e. The molecule has 6 nitrogen and oxygen atoms in total. The van der Waals surface area contributed by atoms with Gasteiger partial charge in [-0.25, -0.2) is 0 Å². The highest BCUT2D eigenvalue weighted by Gasteiger charge is 2.12. The van der Waals surface area contributed by atoms with Crippen molar-refractivity contribution in [2.24, 2.45) is 7.05 Å². The minimum absolute atomic E-state index is 0.00401. The van der Waals surface area contributed by atoms with Gasteiger partial charge in [-0.3, -0.25) is 4.79 Å². The molecule has 0 aliphatic carbocycles. The first-order valence-corrected chi connectivity index (χ1v) is 10.0. The predicted molar refractivity (Wildman–Crippen MR) is 111 cm³/mol. The second-order valence-electron chi connectivity index (χ2n) is 6.36. The Hall–Kier alpha value is -2.51. The predicted octanol–water partition coefficient (Wildman–Crippen LogP) is 4.04. The molecule has 8 heteroatoms. The van der Waals surface area contributed by atoms with Crippen molar-refractivity contribution in [3.05, 3.63) is 70.5 Å². The molecule has 0 fully saturated rings. The van der Waals surface area contributed by atoms with E-state index in [1.165, 1.54) is 0 Å². The van der Waals surface area contributed by atoms with E-state index in [-0.39, 0.29) is 12.5 Å². The summed E-state index contributed by atoms with van der Waals surface area (Å²) in [6.45, 7) is 0.287. The fraction of sp³-hybridized carbons (Fsp3) is 0.250. The zero-order valence-corrected chi connectivity index (χ0v) is 17.5. The lowest BCUT2D eigenvalue weighted by Gasteiger charge is -2.10. The zero-order valence-electron chi connectivity index (χ0n) is 15.9. The van der Waals surface area contributed by atoms with Crippen LogP contribution < -0.4 is 4.74 Å². The van der Waals surface area contributed by atoms with Gasteiger partial charge in [0.05, 0.1) is 5.02 Å². The molecule has 1 amide bonds. The topological polar surface area (TPSA) is 60.3 Å². The van der Waals surface area contributed by atoms with Gasteiger partial charge in [-0.15, -0.1) is 10.2 Å². The number of nitrogens with zero attached hydrogens (tertiary/aromatic N) is 4. The molecule has 0 aliphatic rings. The largest absolute Gasteiger partial charge is 0.484 e. The second kappa shape index (κ2) is 9.12. The molecule has 2 aromatic carbocycles. The number of amides is 1. The summed E-state index contributed by atoms with van der Waals surface area (Å²) in [5, 5.41) is 9.80. The molecule has 0 saturated heterocycles. The van der Waals surface area contributed by atoms with Crippen molar-refractivity contribution < 1.29 is 9.53 Å². The smallest absolute Gasteiger partial charge is 0.253 e. The number of ether oxygens (including phenoxy) is 1. The van der Waals surface area contributed by atoms with Gasteiger partial charge in [-0.05, 0) is 29.8 Å². The highest BCUT2D eigenvalue weighted by molar-refractivity contribution is 7.98. The van der Waals surface area contributed by atoms with Crippen molar-refractivity contribution in [1.82, 2.24) is 19.7 Å². The van der Waals surface area contributed by atoms with Crippen LogP contribution in [0.25, 0.3) is 0 Å². The fourth-order valence-electron chi connectivity index (χ4n) is 2.45. The van der Waals surface area contributed by atoms with Gasteiger partial charge >= 0.3 is 0 Å². The Labute approximate surface area is 173 Å². The van der Waals surface area contributed by atoms with Crippen LogP contribution in [0.15, 0.2) is 53.7 Å². The van der Waals surface area contributed by atoms with Gasteiger partial charge in [-0.1, -0.05) is 47.6 Å². The number of para-hydroxylation sites is 1. The van der Waals surface area contributed by atoms with E-state index >= 15 is 0 Å². The molecular weight excluding hydrogens is 396 g/mol. The molecule has 0 radical (unpaired) electrons. The third-order valence-corrected chi connectivity index (χ3v) is 5.50. The Bertz CT molecular complexity index is 957. The maximum atomic E-state index is 11.9. The van der Waals surface area contributed by atoms with E-state index < -0.39 is 0 Å². The monoisotopic (exact) mass is 416 g/mol. The summed E-state index contributed by atoms with van der Waals surface area (Å²) in [5.74, 6) is 2.06. The summed E-state index contributed by atoms with van der Waals surface area (Å²) < 4.78 is 7.64. The van der Waals surface area contributed by atoms with Crippen LogP contribution in [-0.2, 0) is 19.4 Å². The average Bonchev–Trinajstić information content (AvgIpc) is 3.05. The number of hydrogen-bond acceptors (Lipinski definition) is 5. The molecule has 3 rings (SSSR count). The highest BCUT2D eigenvalue weighted by Crippen LogP contribution is 2.25. The van der Waals surface area contributed by atoms with Crippen molar-refractivity contribution in [3.63, 3.8) is 0 Å². The molecule has 28 heavy (non-hydrogen) atoms. The van der Waals surface area contributed by atoms with Crippen LogP contribution in [-0.4, -0.2) is 39.7 Å². The molecule has 0 atom stereocenters. The van der Waals surface area contributed by atoms with Crippen molar-refractivity contribution >= 4 is 29.3 Å². The van der Waals surface area contributed by atoms with E-state index in [1.54, 1.807) is 36.8 Å². The lowest BCUT2D eigenvalue weighted by molar-refractivity contribution is 0.0827. The number of hydrogen-bond donors (Lipinski definition) is 0. The number of rotatable bonds is 7. The Morgan fingerprint density at radius 1 is 1.14 bits per heavy atom. The van der Waals surface area contributed by atoms with E-state index in [0.717, 1.165) is 16.5 Å². The van der Waals surface area contributed by atoms with Gasteiger partial charge in [0.15, 0.2) is 11.0 Å². The van der Waals surface area contributed by atoms with Crippen LogP contribution in [0.4, 0.5) is 0 Å². The second-order valence-corrected chi connectivity index (χ2v) is 7.71. The molecule has 0 N–H and O–H groups in total. The number of thioether (sulfide) groups is 1. The Morgan fingerprint density at radius 3 is 2.54 bits per heavy atom. The van der Waals surface area contributed by atoms with Gasteiger partial charge in [0, 0.05) is 32.5 Å². The van der Waals surface area contributed by atoms with Crippen LogP contribution in [0.1, 0.15) is 21.7 Å². The van der Waals surface area contributed by atoms with Crippen LogP contribution in [0.2, 0.25) is 5.02 Å². The van der Waals surface area contributed by atoms with Crippen LogP contribution in [0.5, 0.6) is 5.75 Å². The highest BCUT2D eigenvalue weighted by atomic mass is 35.5. The molecule has 0 aliphatic heterocycles. The summed E-state index contributed by atoms with van der Waals surface area (Å²) in [5.41, 5.74) is 1.79. The fourth-order valence-corrected chi connectivity index (χ4v) is 3.53. The number of carbonyl (C=O) groups is 1. The van der Waals surface area contributed by atoms with Crippen LogP contribution in [0, 0.1) is 0 Å². The molecule has 0 saturated carbocycles. The van der Waals surface area contributed by atoms with Crippen molar-refractivity contribution in [1.29, 1.82) is 0 Å². The number of benzene rings is 2. The van der Waals surface area contributed by atoms with Crippen LogP contribution in [0.3, 0.4) is 0 Å². The maximum absolute atomic E-state index is 11.9.